The van der Waals surface area contributed by atoms with E-state index in [0.29, 0.717) is 15.9 Å². The lowest BCUT2D eigenvalue weighted by molar-refractivity contribution is 0.611. The third kappa shape index (κ3) is 2.04. The van der Waals surface area contributed by atoms with Crippen molar-refractivity contribution in [3.63, 3.8) is 0 Å². The molecule has 0 saturated heterocycles. The lowest BCUT2D eigenvalue weighted by atomic mass is 10.2. The number of anilines is 1. The summed E-state index contributed by atoms with van der Waals surface area (Å²) >= 11 is 3.20. The van der Waals surface area contributed by atoms with Crippen LogP contribution < -0.4 is 5.73 Å². The van der Waals surface area contributed by atoms with Gasteiger partial charge in [0, 0.05) is 12.6 Å². The minimum Gasteiger partial charge on any atom is -0.369 e. The molecular weight excluding hydrogens is 285 g/mol. The fourth-order valence-electron chi connectivity index (χ4n) is 2.09. The highest BCUT2D eigenvalue weighted by molar-refractivity contribution is 9.10. The topological polar surface area (TPSA) is 43.8 Å². The second-order valence-electron chi connectivity index (χ2n) is 4.61. The third-order valence-electron chi connectivity index (χ3n) is 3.28. The van der Waals surface area contributed by atoms with E-state index in [4.69, 9.17) is 5.73 Å². The van der Waals surface area contributed by atoms with Crippen LogP contribution in [0.1, 0.15) is 19.3 Å². The van der Waals surface area contributed by atoms with Gasteiger partial charge in [-0.2, -0.15) is 0 Å². The Morgan fingerprint density at radius 2 is 2.24 bits per heavy atom. The van der Waals surface area contributed by atoms with Crippen LogP contribution in [0.2, 0.25) is 0 Å². The molecule has 5 heteroatoms. The molecule has 2 aromatic rings. The molecule has 1 aliphatic carbocycles. The fourth-order valence-corrected chi connectivity index (χ4v) is 2.42. The van der Waals surface area contributed by atoms with Crippen molar-refractivity contribution < 1.29 is 4.39 Å². The highest BCUT2D eigenvalue weighted by Gasteiger charge is 2.21. The number of nitrogens with zero attached hydrogens (tertiary/aromatic N) is 2. The van der Waals surface area contributed by atoms with Crippen molar-refractivity contribution in [2.24, 2.45) is 5.92 Å². The lowest BCUT2D eigenvalue weighted by Gasteiger charge is -2.05. The van der Waals surface area contributed by atoms with Crippen LogP contribution in [-0.4, -0.2) is 9.55 Å². The van der Waals surface area contributed by atoms with Crippen molar-refractivity contribution in [1.29, 1.82) is 0 Å². The van der Waals surface area contributed by atoms with Gasteiger partial charge in [0.2, 0.25) is 5.95 Å². The van der Waals surface area contributed by atoms with E-state index in [1.54, 1.807) is 6.07 Å². The summed E-state index contributed by atoms with van der Waals surface area (Å²) in [5, 5.41) is 0. The monoisotopic (exact) mass is 297 g/mol. The molecule has 0 aliphatic heterocycles. The lowest BCUT2D eigenvalue weighted by Crippen LogP contribution is -2.04. The Morgan fingerprint density at radius 1 is 1.47 bits per heavy atom. The molecule has 1 fully saturated rings. The third-order valence-corrected chi connectivity index (χ3v) is 3.89. The van der Waals surface area contributed by atoms with Gasteiger partial charge in [-0.25, -0.2) is 9.37 Å². The predicted octanol–water partition coefficient (Wildman–Crippen LogP) is 3.32. The highest BCUT2D eigenvalue weighted by Crippen LogP contribution is 2.34. The zero-order chi connectivity index (χ0) is 12.0. The summed E-state index contributed by atoms with van der Waals surface area (Å²) < 4.78 is 15.8. The normalized spacial score (nSPS) is 15.6. The molecule has 0 spiro atoms. The van der Waals surface area contributed by atoms with E-state index in [0.717, 1.165) is 24.4 Å². The molecule has 0 radical (unpaired) electrons. The molecule has 1 aliphatic rings. The number of aromatic nitrogens is 2. The van der Waals surface area contributed by atoms with E-state index in [-0.39, 0.29) is 5.82 Å². The van der Waals surface area contributed by atoms with Crippen molar-refractivity contribution in [3.8, 4) is 0 Å². The first-order valence-corrected chi connectivity index (χ1v) is 6.55. The SMILES string of the molecule is Nc1nc2cc(F)c(Br)cc2n1CCC1CC1. The molecule has 90 valence electrons. The van der Waals surface area contributed by atoms with Gasteiger partial charge in [-0.05, 0) is 34.3 Å². The highest BCUT2D eigenvalue weighted by atomic mass is 79.9. The van der Waals surface area contributed by atoms with Crippen LogP contribution in [0.5, 0.6) is 0 Å². The van der Waals surface area contributed by atoms with Gasteiger partial charge in [-0.1, -0.05) is 12.8 Å². The van der Waals surface area contributed by atoms with Gasteiger partial charge in [0.1, 0.15) is 5.82 Å². The molecule has 0 unspecified atom stereocenters. The Morgan fingerprint density at radius 3 is 2.94 bits per heavy atom. The van der Waals surface area contributed by atoms with E-state index in [2.05, 4.69) is 20.9 Å². The Balaban J connectivity index is 2.02. The van der Waals surface area contributed by atoms with E-state index >= 15 is 0 Å². The Bertz CT molecular complexity index is 575. The summed E-state index contributed by atoms with van der Waals surface area (Å²) in [6.07, 6.45) is 3.78. The average Bonchev–Trinajstić information content (AvgIpc) is 3.04. The molecule has 1 heterocycles. The van der Waals surface area contributed by atoms with Crippen LogP contribution >= 0.6 is 15.9 Å². The standard InChI is InChI=1S/C12H13BrFN3/c13-8-5-11-10(6-9(8)14)16-12(15)17(11)4-3-7-1-2-7/h5-7H,1-4H2,(H2,15,16). The molecule has 2 N–H and O–H groups in total. The largest absolute Gasteiger partial charge is 0.369 e. The maximum atomic E-state index is 13.4. The smallest absolute Gasteiger partial charge is 0.201 e. The van der Waals surface area contributed by atoms with Crippen LogP contribution in [-0.2, 0) is 6.54 Å². The summed E-state index contributed by atoms with van der Waals surface area (Å²) in [5.74, 6) is 1.01. The van der Waals surface area contributed by atoms with Crippen LogP contribution in [0.3, 0.4) is 0 Å². The molecule has 17 heavy (non-hydrogen) atoms. The first-order chi connectivity index (χ1) is 8.15. The molecule has 1 saturated carbocycles. The molecule has 3 rings (SSSR count). The summed E-state index contributed by atoms with van der Waals surface area (Å²) in [7, 11) is 0. The molecule has 0 atom stereocenters. The van der Waals surface area contributed by atoms with Gasteiger partial charge in [0.15, 0.2) is 0 Å². The first-order valence-electron chi connectivity index (χ1n) is 5.76. The van der Waals surface area contributed by atoms with Gasteiger partial charge in [0.25, 0.3) is 0 Å². The molecule has 1 aromatic heterocycles. The second kappa shape index (κ2) is 3.98. The van der Waals surface area contributed by atoms with Crippen molar-refractivity contribution in [1.82, 2.24) is 9.55 Å². The quantitative estimate of drug-likeness (QED) is 0.944. The minimum absolute atomic E-state index is 0.302. The first kappa shape index (κ1) is 11.0. The van der Waals surface area contributed by atoms with Crippen LogP contribution in [0, 0.1) is 11.7 Å². The number of imidazole rings is 1. The van der Waals surface area contributed by atoms with Crippen molar-refractivity contribution >= 4 is 32.9 Å². The molecule has 3 nitrogen and oxygen atoms in total. The Labute approximate surface area is 107 Å². The second-order valence-corrected chi connectivity index (χ2v) is 5.46. The summed E-state index contributed by atoms with van der Waals surface area (Å²) in [6, 6.07) is 3.17. The number of halogens is 2. The Kier molecular flexibility index (Phi) is 2.58. The number of nitrogens with two attached hydrogens (primary N) is 1. The van der Waals surface area contributed by atoms with E-state index in [9.17, 15) is 4.39 Å². The molecule has 0 bridgehead atoms. The number of benzene rings is 1. The molecule has 0 amide bonds. The zero-order valence-corrected chi connectivity index (χ0v) is 10.9. The summed E-state index contributed by atoms with van der Waals surface area (Å²) in [5.41, 5.74) is 7.40. The maximum Gasteiger partial charge on any atom is 0.201 e. The van der Waals surface area contributed by atoms with Crippen LogP contribution in [0.4, 0.5) is 10.3 Å². The number of hydrogen-bond donors (Lipinski definition) is 1. The van der Waals surface area contributed by atoms with Gasteiger partial charge in [-0.15, -0.1) is 0 Å². The zero-order valence-electron chi connectivity index (χ0n) is 9.29. The summed E-state index contributed by atoms with van der Waals surface area (Å²) in [6.45, 7) is 0.866. The van der Waals surface area contributed by atoms with E-state index < -0.39 is 0 Å². The van der Waals surface area contributed by atoms with Crippen molar-refractivity contribution in [2.45, 2.75) is 25.8 Å². The van der Waals surface area contributed by atoms with Gasteiger partial charge < -0.3 is 10.3 Å². The number of aryl methyl sites for hydroxylation is 1. The Hall–Kier alpha value is -1.10. The van der Waals surface area contributed by atoms with Crippen molar-refractivity contribution in [3.05, 3.63) is 22.4 Å². The van der Waals surface area contributed by atoms with Crippen molar-refractivity contribution in [2.75, 3.05) is 5.73 Å². The van der Waals surface area contributed by atoms with Gasteiger partial charge in [-0.3, -0.25) is 0 Å². The number of rotatable bonds is 3. The predicted molar refractivity (Wildman–Crippen MR) is 69.1 cm³/mol. The van der Waals surface area contributed by atoms with Crippen LogP contribution in [0.15, 0.2) is 16.6 Å². The van der Waals surface area contributed by atoms with E-state index in [1.807, 2.05) is 4.57 Å². The maximum absolute atomic E-state index is 13.4. The number of fused-ring (bicyclic) bond motifs is 1. The molecular formula is C12H13BrFN3. The van der Waals surface area contributed by atoms with Gasteiger partial charge >= 0.3 is 0 Å². The minimum atomic E-state index is -0.302. The fraction of sp³-hybridized carbons (Fsp3) is 0.417. The number of hydrogen-bond acceptors (Lipinski definition) is 2. The number of nitrogen functional groups attached to an aromatic ring is 1. The van der Waals surface area contributed by atoms with Gasteiger partial charge in [0.05, 0.1) is 15.5 Å². The van der Waals surface area contributed by atoms with Crippen LogP contribution in [0.25, 0.3) is 11.0 Å². The molecule has 1 aromatic carbocycles. The summed E-state index contributed by atoms with van der Waals surface area (Å²) in [4.78, 5) is 4.19. The average molecular weight is 298 g/mol. The van der Waals surface area contributed by atoms with E-state index in [1.165, 1.54) is 18.9 Å².